The number of benzene rings is 1. The molecule has 3 nitrogen and oxygen atoms in total. The van der Waals surface area contributed by atoms with Crippen molar-refractivity contribution in [2.75, 3.05) is 20.1 Å². The fourth-order valence-corrected chi connectivity index (χ4v) is 3.83. The van der Waals surface area contributed by atoms with E-state index >= 15 is 0 Å². The van der Waals surface area contributed by atoms with Crippen LogP contribution in [0, 0.1) is 5.92 Å². The molecule has 0 bridgehead atoms. The Morgan fingerprint density at radius 2 is 2.00 bits per heavy atom. The Labute approximate surface area is 134 Å². The number of nitrogens with zero attached hydrogens (tertiary/aromatic N) is 2. The van der Waals surface area contributed by atoms with Gasteiger partial charge in [0.1, 0.15) is 0 Å². The van der Waals surface area contributed by atoms with E-state index in [9.17, 15) is 18.0 Å². The average Bonchev–Trinajstić information content (AvgIpc) is 2.72. The van der Waals surface area contributed by atoms with Crippen LogP contribution < -0.4 is 0 Å². The van der Waals surface area contributed by atoms with E-state index in [4.69, 9.17) is 0 Å². The molecule has 3 rings (SSSR count). The van der Waals surface area contributed by atoms with Crippen LogP contribution in [0.4, 0.5) is 13.2 Å². The van der Waals surface area contributed by atoms with Gasteiger partial charge < -0.3 is 4.90 Å². The zero-order chi connectivity index (χ0) is 16.6. The number of rotatable bonds is 3. The van der Waals surface area contributed by atoms with Crippen LogP contribution in [0.2, 0.25) is 0 Å². The van der Waals surface area contributed by atoms with E-state index in [1.54, 1.807) is 12.1 Å². The first-order chi connectivity index (χ1) is 10.8. The van der Waals surface area contributed by atoms with Crippen LogP contribution in [0.1, 0.15) is 24.0 Å². The van der Waals surface area contributed by atoms with Crippen LogP contribution in [-0.2, 0) is 17.8 Å². The fourth-order valence-electron chi connectivity index (χ4n) is 3.83. The zero-order valence-corrected chi connectivity index (χ0v) is 13.1. The van der Waals surface area contributed by atoms with E-state index in [0.717, 1.165) is 25.1 Å². The Balaban J connectivity index is 1.62. The maximum absolute atomic E-state index is 12.5. The predicted molar refractivity (Wildman–Crippen MR) is 80.8 cm³/mol. The second-order valence-electron chi connectivity index (χ2n) is 6.67. The van der Waals surface area contributed by atoms with E-state index < -0.39 is 12.6 Å². The molecule has 2 saturated heterocycles. The number of halogens is 3. The summed E-state index contributed by atoms with van der Waals surface area (Å²) in [6.45, 7) is 2.36. The molecule has 1 aromatic carbocycles. The molecule has 2 atom stereocenters. The van der Waals surface area contributed by atoms with Crippen LogP contribution in [0.3, 0.4) is 0 Å². The highest BCUT2D eigenvalue weighted by Crippen LogP contribution is 2.31. The van der Waals surface area contributed by atoms with Crippen LogP contribution in [0.5, 0.6) is 0 Å². The lowest BCUT2D eigenvalue weighted by molar-refractivity contribution is -0.128. The molecule has 2 fully saturated rings. The van der Waals surface area contributed by atoms with E-state index in [-0.39, 0.29) is 5.91 Å². The minimum absolute atomic E-state index is 0.203. The first-order valence-corrected chi connectivity index (χ1v) is 7.94. The van der Waals surface area contributed by atoms with Crippen molar-refractivity contribution in [1.29, 1.82) is 0 Å². The van der Waals surface area contributed by atoms with Gasteiger partial charge in [0.05, 0.1) is 6.42 Å². The molecule has 2 aliphatic rings. The number of fused-ring (bicyclic) bond motifs is 1. The van der Waals surface area contributed by atoms with Crippen LogP contribution >= 0.6 is 0 Å². The Bertz CT molecular complexity index is 587. The molecular weight excluding hydrogens is 305 g/mol. The summed E-state index contributed by atoms with van der Waals surface area (Å²) in [5.41, 5.74) is 1.21. The van der Waals surface area contributed by atoms with Crippen molar-refractivity contribution >= 4 is 5.91 Å². The number of hydrogen-bond donors (Lipinski definition) is 0. The van der Waals surface area contributed by atoms with Gasteiger partial charge in [0.2, 0.25) is 5.91 Å². The zero-order valence-electron chi connectivity index (χ0n) is 13.1. The van der Waals surface area contributed by atoms with Gasteiger partial charge in [-0.15, -0.1) is 0 Å². The molecule has 2 heterocycles. The van der Waals surface area contributed by atoms with Crippen molar-refractivity contribution in [3.05, 3.63) is 35.4 Å². The summed E-state index contributed by atoms with van der Waals surface area (Å²) in [4.78, 5) is 15.9. The van der Waals surface area contributed by atoms with Crippen LogP contribution in [-0.4, -0.2) is 48.1 Å². The molecule has 0 spiro atoms. The number of carbonyl (C=O) groups is 1. The molecule has 0 saturated carbocycles. The first kappa shape index (κ1) is 16.3. The monoisotopic (exact) mass is 326 g/mol. The molecule has 0 aromatic heterocycles. The standard InChI is InChI=1S/C17H21F3N2O/c1-21-15-5-6-22(11-14(15)8-16(21)23)10-13-4-2-3-12(7-13)9-17(18,19)20/h2-4,7,14-15H,5-6,8-11H2,1H3/t14-,15+/m1/s1. The Morgan fingerprint density at radius 1 is 1.26 bits per heavy atom. The third-order valence-corrected chi connectivity index (χ3v) is 4.91. The highest BCUT2D eigenvalue weighted by molar-refractivity contribution is 5.79. The van der Waals surface area contributed by atoms with Crippen molar-refractivity contribution < 1.29 is 18.0 Å². The molecule has 23 heavy (non-hydrogen) atoms. The lowest BCUT2D eigenvalue weighted by Gasteiger charge is -2.36. The van der Waals surface area contributed by atoms with Gasteiger partial charge in [-0.3, -0.25) is 9.69 Å². The fraction of sp³-hybridized carbons (Fsp3) is 0.588. The van der Waals surface area contributed by atoms with Crippen molar-refractivity contribution in [3.8, 4) is 0 Å². The third-order valence-electron chi connectivity index (χ3n) is 4.91. The van der Waals surface area contributed by atoms with Gasteiger partial charge in [0, 0.05) is 45.1 Å². The Morgan fingerprint density at radius 3 is 2.74 bits per heavy atom. The van der Waals surface area contributed by atoms with Gasteiger partial charge in [0.15, 0.2) is 0 Å². The highest BCUT2D eigenvalue weighted by Gasteiger charge is 2.40. The van der Waals surface area contributed by atoms with Gasteiger partial charge in [-0.1, -0.05) is 24.3 Å². The van der Waals surface area contributed by atoms with E-state index in [1.165, 1.54) is 6.07 Å². The molecule has 1 aromatic rings. The van der Waals surface area contributed by atoms with Crippen molar-refractivity contribution in [3.63, 3.8) is 0 Å². The lowest BCUT2D eigenvalue weighted by atomic mass is 9.92. The van der Waals surface area contributed by atoms with Gasteiger partial charge in [0.25, 0.3) is 0 Å². The van der Waals surface area contributed by atoms with Gasteiger partial charge in [-0.25, -0.2) is 0 Å². The second-order valence-corrected chi connectivity index (χ2v) is 6.67. The van der Waals surface area contributed by atoms with E-state index in [2.05, 4.69) is 4.90 Å². The topological polar surface area (TPSA) is 23.6 Å². The number of likely N-dealkylation sites (tertiary alicyclic amines) is 2. The minimum Gasteiger partial charge on any atom is -0.342 e. The summed E-state index contributed by atoms with van der Waals surface area (Å²) in [7, 11) is 1.86. The predicted octanol–water partition coefficient (Wildman–Crippen LogP) is 2.84. The Hall–Kier alpha value is -1.56. The summed E-state index contributed by atoms with van der Waals surface area (Å²) >= 11 is 0. The van der Waals surface area contributed by atoms with Crippen molar-refractivity contribution in [2.24, 2.45) is 5.92 Å². The summed E-state index contributed by atoms with van der Waals surface area (Å²) in [6, 6.07) is 7.06. The normalized spacial score (nSPS) is 25.7. The SMILES string of the molecule is CN1C(=O)C[C@@H]2CN(Cc3cccc(CC(F)(F)F)c3)CC[C@@H]21. The molecule has 0 aliphatic carbocycles. The Kier molecular flexibility index (Phi) is 4.36. The molecule has 1 amide bonds. The minimum atomic E-state index is -4.17. The van der Waals surface area contributed by atoms with Gasteiger partial charge in [-0.05, 0) is 17.5 Å². The lowest BCUT2D eigenvalue weighted by Crippen LogP contribution is -2.44. The molecule has 0 N–H and O–H groups in total. The second kappa shape index (κ2) is 6.15. The molecule has 0 radical (unpaired) electrons. The van der Waals surface area contributed by atoms with E-state index in [0.29, 0.717) is 30.5 Å². The van der Waals surface area contributed by atoms with Crippen LogP contribution in [0.15, 0.2) is 24.3 Å². The largest absolute Gasteiger partial charge is 0.393 e. The molecule has 2 aliphatic heterocycles. The maximum Gasteiger partial charge on any atom is 0.393 e. The molecule has 126 valence electrons. The first-order valence-electron chi connectivity index (χ1n) is 7.94. The van der Waals surface area contributed by atoms with Crippen molar-refractivity contribution in [2.45, 2.75) is 38.0 Å². The highest BCUT2D eigenvalue weighted by atomic mass is 19.4. The van der Waals surface area contributed by atoms with Crippen LogP contribution in [0.25, 0.3) is 0 Å². The number of hydrogen-bond acceptors (Lipinski definition) is 2. The summed E-state index contributed by atoms with van der Waals surface area (Å²) in [6.07, 6.45) is -3.53. The number of piperidine rings is 1. The van der Waals surface area contributed by atoms with E-state index in [1.807, 2.05) is 18.0 Å². The number of amides is 1. The summed E-state index contributed by atoms with van der Waals surface area (Å²) < 4.78 is 37.5. The maximum atomic E-state index is 12.5. The molecular formula is C17H21F3N2O. The number of alkyl halides is 3. The molecule has 6 heteroatoms. The summed E-state index contributed by atoms with van der Waals surface area (Å²) in [5.74, 6) is 0.550. The van der Waals surface area contributed by atoms with Gasteiger partial charge in [-0.2, -0.15) is 13.2 Å². The smallest absolute Gasteiger partial charge is 0.342 e. The third kappa shape index (κ3) is 3.86. The molecule has 0 unspecified atom stereocenters. The quantitative estimate of drug-likeness (QED) is 0.853. The summed E-state index contributed by atoms with van der Waals surface area (Å²) in [5, 5.41) is 0. The average molecular weight is 326 g/mol. The number of carbonyl (C=O) groups excluding carboxylic acids is 1. The van der Waals surface area contributed by atoms with Gasteiger partial charge >= 0.3 is 6.18 Å². The van der Waals surface area contributed by atoms with Crippen molar-refractivity contribution in [1.82, 2.24) is 9.80 Å².